The standard InChI is InChI=1S/C20H19N3O2/c1-24-17-13-14-21-20(19(17)25-2)23-22-18(15-9-5-3-6-10-15)16-11-7-4-8-12-16/h3-14H,1-2H3,(H,21,23). The highest BCUT2D eigenvalue weighted by Gasteiger charge is 2.12. The lowest BCUT2D eigenvalue weighted by atomic mass is 10.0. The van der Waals surface area contributed by atoms with Crippen molar-refractivity contribution in [3.05, 3.63) is 84.1 Å². The van der Waals surface area contributed by atoms with Gasteiger partial charge in [-0.1, -0.05) is 60.7 Å². The molecule has 0 bridgehead atoms. The summed E-state index contributed by atoms with van der Waals surface area (Å²) in [6.07, 6.45) is 1.64. The molecule has 3 aromatic rings. The predicted octanol–water partition coefficient (Wildman–Crippen LogP) is 3.96. The average molecular weight is 333 g/mol. The molecule has 0 saturated heterocycles. The summed E-state index contributed by atoms with van der Waals surface area (Å²) in [6, 6.07) is 21.7. The smallest absolute Gasteiger partial charge is 0.205 e. The predicted molar refractivity (Wildman–Crippen MR) is 99.5 cm³/mol. The van der Waals surface area contributed by atoms with Gasteiger partial charge in [-0.05, 0) is 0 Å². The SMILES string of the molecule is COc1ccnc(NN=C(c2ccccc2)c2ccccc2)c1OC. The number of ether oxygens (including phenoxy) is 2. The van der Waals surface area contributed by atoms with E-state index < -0.39 is 0 Å². The van der Waals surface area contributed by atoms with Gasteiger partial charge in [-0.15, -0.1) is 0 Å². The van der Waals surface area contributed by atoms with E-state index in [0.29, 0.717) is 17.3 Å². The highest BCUT2D eigenvalue weighted by atomic mass is 16.5. The Morgan fingerprint density at radius 2 is 1.44 bits per heavy atom. The lowest BCUT2D eigenvalue weighted by molar-refractivity contribution is 0.355. The number of benzene rings is 2. The number of pyridine rings is 1. The Labute approximate surface area is 147 Å². The normalized spacial score (nSPS) is 10.0. The van der Waals surface area contributed by atoms with Gasteiger partial charge in [-0.2, -0.15) is 5.10 Å². The molecule has 0 amide bonds. The summed E-state index contributed by atoms with van der Waals surface area (Å²) in [5.74, 6) is 1.59. The molecule has 1 aromatic heterocycles. The first-order valence-corrected chi connectivity index (χ1v) is 7.85. The third kappa shape index (κ3) is 3.77. The topological polar surface area (TPSA) is 55.7 Å². The zero-order valence-electron chi connectivity index (χ0n) is 14.1. The van der Waals surface area contributed by atoms with Crippen LogP contribution in [0.15, 0.2) is 78.0 Å². The third-order valence-corrected chi connectivity index (χ3v) is 3.66. The highest BCUT2D eigenvalue weighted by molar-refractivity contribution is 6.13. The van der Waals surface area contributed by atoms with Gasteiger partial charge in [0, 0.05) is 23.4 Å². The monoisotopic (exact) mass is 333 g/mol. The second-order valence-corrected chi connectivity index (χ2v) is 5.20. The summed E-state index contributed by atoms with van der Waals surface area (Å²) in [5, 5.41) is 4.59. The molecule has 0 atom stereocenters. The Kier molecular flexibility index (Phi) is 5.26. The fourth-order valence-electron chi connectivity index (χ4n) is 2.46. The zero-order chi connectivity index (χ0) is 17.5. The number of hydrogen-bond donors (Lipinski definition) is 1. The van der Waals surface area contributed by atoms with Crippen LogP contribution in [0.4, 0.5) is 5.82 Å². The molecule has 0 aliphatic heterocycles. The molecule has 0 saturated carbocycles. The molecule has 0 aliphatic rings. The molecule has 5 heteroatoms. The number of methoxy groups -OCH3 is 2. The summed E-state index contributed by atoms with van der Waals surface area (Å²) >= 11 is 0. The quantitative estimate of drug-likeness (QED) is 0.548. The number of nitrogens with zero attached hydrogens (tertiary/aromatic N) is 2. The van der Waals surface area contributed by atoms with Crippen LogP contribution in [0.1, 0.15) is 11.1 Å². The minimum atomic E-state index is 0.492. The summed E-state index contributed by atoms with van der Waals surface area (Å²) in [7, 11) is 3.16. The van der Waals surface area contributed by atoms with Gasteiger partial charge in [0.25, 0.3) is 0 Å². The molecular weight excluding hydrogens is 314 g/mol. The maximum absolute atomic E-state index is 5.39. The number of nitrogens with one attached hydrogen (secondary N) is 1. The van der Waals surface area contributed by atoms with E-state index in [-0.39, 0.29) is 0 Å². The molecule has 1 heterocycles. The second-order valence-electron chi connectivity index (χ2n) is 5.20. The Hall–Kier alpha value is -3.34. The largest absolute Gasteiger partial charge is 0.493 e. The van der Waals surface area contributed by atoms with Crippen LogP contribution in [0.5, 0.6) is 11.5 Å². The minimum absolute atomic E-state index is 0.492. The van der Waals surface area contributed by atoms with Crippen molar-refractivity contribution in [1.29, 1.82) is 0 Å². The van der Waals surface area contributed by atoms with E-state index in [1.165, 1.54) is 0 Å². The first kappa shape index (κ1) is 16.5. The Morgan fingerprint density at radius 3 is 1.96 bits per heavy atom. The molecule has 0 radical (unpaired) electrons. The van der Waals surface area contributed by atoms with Crippen molar-refractivity contribution in [1.82, 2.24) is 4.98 Å². The molecule has 2 aromatic carbocycles. The molecule has 5 nitrogen and oxygen atoms in total. The zero-order valence-corrected chi connectivity index (χ0v) is 14.1. The van der Waals surface area contributed by atoms with Gasteiger partial charge in [0.2, 0.25) is 5.75 Å². The van der Waals surface area contributed by atoms with Crippen molar-refractivity contribution in [2.75, 3.05) is 19.6 Å². The van der Waals surface area contributed by atoms with Gasteiger partial charge in [0.1, 0.15) is 0 Å². The van der Waals surface area contributed by atoms with Crippen LogP contribution in [-0.2, 0) is 0 Å². The number of anilines is 1. The van der Waals surface area contributed by atoms with Gasteiger partial charge < -0.3 is 9.47 Å². The van der Waals surface area contributed by atoms with Crippen LogP contribution in [0.2, 0.25) is 0 Å². The molecular formula is C20H19N3O2. The van der Waals surface area contributed by atoms with Gasteiger partial charge in [-0.25, -0.2) is 4.98 Å². The molecule has 126 valence electrons. The Bertz CT molecular complexity index is 808. The molecule has 0 aliphatic carbocycles. The van der Waals surface area contributed by atoms with E-state index in [1.54, 1.807) is 26.5 Å². The molecule has 0 fully saturated rings. The summed E-state index contributed by atoms with van der Waals surface area (Å²) in [6.45, 7) is 0. The van der Waals surface area contributed by atoms with Crippen molar-refractivity contribution in [3.8, 4) is 11.5 Å². The summed E-state index contributed by atoms with van der Waals surface area (Å²) in [5.41, 5.74) is 5.83. The van der Waals surface area contributed by atoms with Crippen LogP contribution in [0.25, 0.3) is 0 Å². The van der Waals surface area contributed by atoms with Crippen LogP contribution in [-0.4, -0.2) is 24.9 Å². The van der Waals surface area contributed by atoms with E-state index in [4.69, 9.17) is 9.47 Å². The minimum Gasteiger partial charge on any atom is -0.493 e. The summed E-state index contributed by atoms with van der Waals surface area (Å²) < 4.78 is 10.7. The van der Waals surface area contributed by atoms with Gasteiger partial charge in [0.05, 0.1) is 19.9 Å². The molecule has 3 rings (SSSR count). The molecule has 1 N–H and O–H groups in total. The fraction of sp³-hybridized carbons (Fsp3) is 0.100. The van der Waals surface area contributed by atoms with Gasteiger partial charge in [0.15, 0.2) is 11.6 Å². The van der Waals surface area contributed by atoms with E-state index >= 15 is 0 Å². The van der Waals surface area contributed by atoms with E-state index in [9.17, 15) is 0 Å². The van der Waals surface area contributed by atoms with E-state index in [1.807, 2.05) is 60.7 Å². The number of hydrogen-bond acceptors (Lipinski definition) is 5. The van der Waals surface area contributed by atoms with Crippen molar-refractivity contribution < 1.29 is 9.47 Å². The van der Waals surface area contributed by atoms with Gasteiger partial charge >= 0.3 is 0 Å². The number of aromatic nitrogens is 1. The first-order valence-electron chi connectivity index (χ1n) is 7.85. The number of rotatable bonds is 6. The van der Waals surface area contributed by atoms with Crippen LogP contribution in [0, 0.1) is 0 Å². The van der Waals surface area contributed by atoms with Crippen molar-refractivity contribution in [2.24, 2.45) is 5.10 Å². The lowest BCUT2D eigenvalue weighted by Gasteiger charge is -2.12. The molecule has 25 heavy (non-hydrogen) atoms. The van der Waals surface area contributed by atoms with E-state index in [2.05, 4.69) is 15.5 Å². The Morgan fingerprint density at radius 1 is 0.840 bits per heavy atom. The van der Waals surface area contributed by atoms with Crippen molar-refractivity contribution >= 4 is 11.5 Å². The van der Waals surface area contributed by atoms with E-state index in [0.717, 1.165) is 16.8 Å². The fourth-order valence-corrected chi connectivity index (χ4v) is 2.46. The number of hydrazone groups is 1. The van der Waals surface area contributed by atoms with Gasteiger partial charge in [-0.3, -0.25) is 5.43 Å². The lowest BCUT2D eigenvalue weighted by Crippen LogP contribution is -2.07. The van der Waals surface area contributed by atoms with Crippen LogP contribution < -0.4 is 14.9 Å². The van der Waals surface area contributed by atoms with Crippen LogP contribution in [0.3, 0.4) is 0 Å². The summed E-state index contributed by atoms with van der Waals surface area (Å²) in [4.78, 5) is 4.29. The second kappa shape index (κ2) is 7.97. The maximum Gasteiger partial charge on any atom is 0.205 e. The van der Waals surface area contributed by atoms with Crippen LogP contribution >= 0.6 is 0 Å². The average Bonchev–Trinajstić information content (AvgIpc) is 2.69. The van der Waals surface area contributed by atoms with Crippen molar-refractivity contribution in [3.63, 3.8) is 0 Å². The first-order chi connectivity index (χ1) is 12.3. The molecule has 0 spiro atoms. The Balaban J connectivity index is 2.01. The highest BCUT2D eigenvalue weighted by Crippen LogP contribution is 2.32. The third-order valence-electron chi connectivity index (χ3n) is 3.66. The maximum atomic E-state index is 5.39. The van der Waals surface area contributed by atoms with Crippen molar-refractivity contribution in [2.45, 2.75) is 0 Å². The molecule has 0 unspecified atom stereocenters.